The monoisotopic (exact) mass is 453 g/mol. The van der Waals surface area contributed by atoms with Gasteiger partial charge in [0.25, 0.3) is 0 Å². The molecule has 0 N–H and O–H groups in total. The molecule has 0 spiro atoms. The second-order valence-electron chi connectivity index (χ2n) is 6.68. The lowest BCUT2D eigenvalue weighted by Crippen LogP contribution is -2.05. The molecular weight excluding hydrogens is 437 g/mol. The standard InChI is InChI=1S/C23H17Cl2N3OS/c1-15-7-10-18(11-8-15)28-22(16-5-3-2-4-6-16)26-27-23(28)30-14-21(29)19-12-9-17(24)13-20(19)25/h2-13H,14H2,1H3. The number of aryl methyl sites for hydroxylation is 1. The van der Waals surface area contributed by atoms with Crippen LogP contribution in [-0.4, -0.2) is 26.3 Å². The van der Waals surface area contributed by atoms with Crippen molar-refractivity contribution in [3.05, 3.63) is 94.0 Å². The lowest BCUT2D eigenvalue weighted by atomic mass is 10.1. The molecule has 0 atom stereocenters. The number of ketones is 1. The molecule has 7 heteroatoms. The van der Waals surface area contributed by atoms with Crippen LogP contribution in [0.15, 0.2) is 78.0 Å². The van der Waals surface area contributed by atoms with Crippen molar-refractivity contribution in [2.24, 2.45) is 0 Å². The van der Waals surface area contributed by atoms with Crippen molar-refractivity contribution in [3.63, 3.8) is 0 Å². The summed E-state index contributed by atoms with van der Waals surface area (Å²) in [6.45, 7) is 2.04. The van der Waals surface area contributed by atoms with Crippen LogP contribution in [0.2, 0.25) is 10.0 Å². The first kappa shape index (κ1) is 20.7. The summed E-state index contributed by atoms with van der Waals surface area (Å²) in [6, 6.07) is 22.9. The topological polar surface area (TPSA) is 47.8 Å². The number of hydrogen-bond acceptors (Lipinski definition) is 4. The van der Waals surface area contributed by atoms with Crippen molar-refractivity contribution in [1.29, 1.82) is 0 Å². The highest BCUT2D eigenvalue weighted by molar-refractivity contribution is 7.99. The summed E-state index contributed by atoms with van der Waals surface area (Å²) in [5, 5.41) is 10.2. The van der Waals surface area contributed by atoms with Crippen LogP contribution < -0.4 is 0 Å². The van der Waals surface area contributed by atoms with Gasteiger partial charge in [0.15, 0.2) is 16.8 Å². The minimum Gasteiger partial charge on any atom is -0.293 e. The van der Waals surface area contributed by atoms with Gasteiger partial charge in [-0.05, 0) is 37.3 Å². The van der Waals surface area contributed by atoms with Crippen molar-refractivity contribution in [2.75, 3.05) is 5.75 Å². The average molecular weight is 454 g/mol. The Morgan fingerprint density at radius 3 is 2.40 bits per heavy atom. The number of hydrogen-bond donors (Lipinski definition) is 0. The Labute approximate surface area is 188 Å². The lowest BCUT2D eigenvalue weighted by molar-refractivity contribution is 0.102. The molecule has 0 fully saturated rings. The van der Waals surface area contributed by atoms with Gasteiger partial charge in [-0.2, -0.15) is 0 Å². The molecule has 0 unspecified atom stereocenters. The third kappa shape index (κ3) is 4.43. The molecule has 3 aromatic carbocycles. The maximum atomic E-state index is 12.7. The number of carbonyl (C=O) groups excluding carboxylic acids is 1. The van der Waals surface area contributed by atoms with E-state index in [1.54, 1.807) is 18.2 Å². The van der Waals surface area contributed by atoms with E-state index in [1.807, 2.05) is 66.1 Å². The van der Waals surface area contributed by atoms with E-state index in [-0.39, 0.29) is 11.5 Å². The minimum atomic E-state index is -0.0959. The van der Waals surface area contributed by atoms with Gasteiger partial charge >= 0.3 is 0 Å². The first-order valence-corrected chi connectivity index (χ1v) is 11.0. The first-order valence-electron chi connectivity index (χ1n) is 9.22. The SMILES string of the molecule is Cc1ccc(-n2c(SCC(=O)c3ccc(Cl)cc3Cl)nnc2-c2ccccc2)cc1. The summed E-state index contributed by atoms with van der Waals surface area (Å²) in [6.07, 6.45) is 0. The van der Waals surface area contributed by atoms with Gasteiger partial charge in [0.2, 0.25) is 0 Å². The second-order valence-corrected chi connectivity index (χ2v) is 8.47. The van der Waals surface area contributed by atoms with Crippen LogP contribution in [0, 0.1) is 6.92 Å². The van der Waals surface area contributed by atoms with Crippen LogP contribution in [0.5, 0.6) is 0 Å². The maximum absolute atomic E-state index is 12.7. The Bertz CT molecular complexity index is 1190. The molecule has 0 aliphatic rings. The van der Waals surface area contributed by atoms with E-state index in [0.29, 0.717) is 20.8 Å². The van der Waals surface area contributed by atoms with E-state index >= 15 is 0 Å². The van der Waals surface area contributed by atoms with Crippen LogP contribution in [0.25, 0.3) is 17.1 Å². The molecule has 4 nitrogen and oxygen atoms in total. The molecule has 30 heavy (non-hydrogen) atoms. The fraction of sp³-hybridized carbons (Fsp3) is 0.0870. The zero-order valence-corrected chi connectivity index (χ0v) is 18.4. The number of Topliss-reactive ketones (excluding diaryl/α,β-unsaturated/α-hetero) is 1. The summed E-state index contributed by atoms with van der Waals surface area (Å²) < 4.78 is 1.97. The molecule has 150 valence electrons. The highest BCUT2D eigenvalue weighted by Gasteiger charge is 2.18. The van der Waals surface area contributed by atoms with Gasteiger partial charge in [-0.3, -0.25) is 9.36 Å². The molecule has 1 aromatic heterocycles. The highest BCUT2D eigenvalue weighted by atomic mass is 35.5. The van der Waals surface area contributed by atoms with Crippen molar-refractivity contribution in [3.8, 4) is 17.1 Å². The molecule has 4 rings (SSSR count). The van der Waals surface area contributed by atoms with Gasteiger partial charge in [-0.25, -0.2) is 0 Å². The zero-order valence-electron chi connectivity index (χ0n) is 16.0. The molecule has 0 radical (unpaired) electrons. The Kier molecular flexibility index (Phi) is 6.23. The van der Waals surface area contributed by atoms with Crippen molar-refractivity contribution < 1.29 is 4.79 Å². The van der Waals surface area contributed by atoms with Crippen LogP contribution in [0.3, 0.4) is 0 Å². The van der Waals surface area contributed by atoms with Crippen molar-refractivity contribution in [1.82, 2.24) is 14.8 Å². The number of aromatic nitrogens is 3. The largest absolute Gasteiger partial charge is 0.293 e. The van der Waals surface area contributed by atoms with Crippen LogP contribution in [0.4, 0.5) is 0 Å². The molecule has 0 bridgehead atoms. The van der Waals surface area contributed by atoms with Gasteiger partial charge in [0, 0.05) is 21.8 Å². The van der Waals surface area contributed by atoms with Crippen molar-refractivity contribution >= 4 is 40.7 Å². The summed E-state index contributed by atoms with van der Waals surface area (Å²) in [5.41, 5.74) is 3.49. The third-order valence-corrected chi connectivity index (χ3v) is 6.00. The summed E-state index contributed by atoms with van der Waals surface area (Å²) >= 11 is 13.4. The quantitative estimate of drug-likeness (QED) is 0.246. The Hall–Kier alpha value is -2.60. The maximum Gasteiger partial charge on any atom is 0.196 e. The fourth-order valence-corrected chi connectivity index (χ4v) is 4.34. The summed E-state index contributed by atoms with van der Waals surface area (Å²) in [7, 11) is 0. The number of nitrogens with zero attached hydrogens (tertiary/aromatic N) is 3. The third-order valence-electron chi connectivity index (χ3n) is 4.52. The number of thioether (sulfide) groups is 1. The van der Waals surface area contributed by atoms with E-state index in [4.69, 9.17) is 23.2 Å². The molecule has 0 aliphatic carbocycles. The van der Waals surface area contributed by atoms with E-state index in [9.17, 15) is 4.79 Å². The van der Waals surface area contributed by atoms with Gasteiger partial charge in [-0.15, -0.1) is 10.2 Å². The fourth-order valence-electron chi connectivity index (χ4n) is 2.99. The molecular formula is C23H17Cl2N3OS. The molecule has 0 aliphatic heterocycles. The van der Waals surface area contributed by atoms with E-state index < -0.39 is 0 Å². The van der Waals surface area contributed by atoms with Gasteiger partial charge in [-0.1, -0.05) is 83.0 Å². The predicted molar refractivity (Wildman–Crippen MR) is 123 cm³/mol. The van der Waals surface area contributed by atoms with Crippen LogP contribution >= 0.6 is 35.0 Å². The summed E-state index contributed by atoms with van der Waals surface area (Å²) in [5.74, 6) is 0.806. The van der Waals surface area contributed by atoms with E-state index in [0.717, 1.165) is 22.6 Å². The first-order chi connectivity index (χ1) is 14.5. The van der Waals surface area contributed by atoms with E-state index in [1.165, 1.54) is 11.8 Å². The van der Waals surface area contributed by atoms with Crippen LogP contribution in [0.1, 0.15) is 15.9 Å². The number of halogens is 2. The number of benzene rings is 3. The lowest BCUT2D eigenvalue weighted by Gasteiger charge is -2.11. The number of carbonyl (C=O) groups is 1. The molecule has 0 amide bonds. The Morgan fingerprint density at radius 2 is 1.70 bits per heavy atom. The normalized spacial score (nSPS) is 10.9. The summed E-state index contributed by atoms with van der Waals surface area (Å²) in [4.78, 5) is 12.7. The van der Waals surface area contributed by atoms with Crippen molar-refractivity contribution in [2.45, 2.75) is 12.1 Å². The zero-order chi connectivity index (χ0) is 21.1. The van der Waals surface area contributed by atoms with E-state index in [2.05, 4.69) is 10.2 Å². The minimum absolute atomic E-state index is 0.0959. The Morgan fingerprint density at radius 1 is 0.967 bits per heavy atom. The second kappa shape index (κ2) is 9.04. The number of rotatable bonds is 6. The van der Waals surface area contributed by atoms with Gasteiger partial charge < -0.3 is 0 Å². The molecule has 0 saturated heterocycles. The van der Waals surface area contributed by atoms with Gasteiger partial charge in [0.05, 0.1) is 10.8 Å². The van der Waals surface area contributed by atoms with Crippen LogP contribution in [-0.2, 0) is 0 Å². The Balaban J connectivity index is 1.67. The highest BCUT2D eigenvalue weighted by Crippen LogP contribution is 2.29. The molecule has 1 heterocycles. The molecule has 0 saturated carbocycles. The average Bonchev–Trinajstić information content (AvgIpc) is 3.17. The smallest absolute Gasteiger partial charge is 0.196 e. The van der Waals surface area contributed by atoms with Gasteiger partial charge in [0.1, 0.15) is 0 Å². The predicted octanol–water partition coefficient (Wildman–Crippen LogP) is 6.52. The molecule has 4 aromatic rings.